The quantitative estimate of drug-likeness (QED) is 0.902. The zero-order chi connectivity index (χ0) is 16.9. The number of aryl methyl sites for hydroxylation is 1. The molecule has 24 heavy (non-hydrogen) atoms. The van der Waals surface area contributed by atoms with Gasteiger partial charge in [-0.2, -0.15) is 0 Å². The number of amides is 2. The minimum Gasteiger partial charge on any atom is -0.484 e. The molecule has 1 fully saturated rings. The SMILES string of the molecule is CCN(C(=O)COc1ccc2c(c1)NC(=O)CC2)C1CCCCC1. The Kier molecular flexibility index (Phi) is 5.38. The van der Waals surface area contributed by atoms with Crippen molar-refractivity contribution in [1.82, 2.24) is 4.90 Å². The lowest BCUT2D eigenvalue weighted by Crippen LogP contribution is -2.43. The number of hydrogen-bond acceptors (Lipinski definition) is 3. The van der Waals surface area contributed by atoms with E-state index in [9.17, 15) is 9.59 Å². The van der Waals surface area contributed by atoms with Crippen molar-refractivity contribution in [3.8, 4) is 5.75 Å². The molecular formula is C19H26N2O3. The predicted molar refractivity (Wildman–Crippen MR) is 93.1 cm³/mol. The molecule has 2 aliphatic rings. The maximum atomic E-state index is 12.5. The first kappa shape index (κ1) is 16.8. The van der Waals surface area contributed by atoms with Crippen molar-refractivity contribution in [3.05, 3.63) is 23.8 Å². The summed E-state index contributed by atoms with van der Waals surface area (Å²) in [5.41, 5.74) is 1.92. The van der Waals surface area contributed by atoms with Gasteiger partial charge in [0.2, 0.25) is 5.91 Å². The second-order valence-electron chi connectivity index (χ2n) is 6.63. The summed E-state index contributed by atoms with van der Waals surface area (Å²) in [7, 11) is 0. The zero-order valence-corrected chi connectivity index (χ0v) is 14.3. The molecule has 0 saturated heterocycles. The van der Waals surface area contributed by atoms with Crippen LogP contribution in [-0.2, 0) is 16.0 Å². The Balaban J connectivity index is 1.59. The zero-order valence-electron chi connectivity index (χ0n) is 14.3. The Bertz CT molecular complexity index is 609. The first-order valence-electron chi connectivity index (χ1n) is 9.02. The second-order valence-corrected chi connectivity index (χ2v) is 6.63. The topological polar surface area (TPSA) is 58.6 Å². The monoisotopic (exact) mass is 330 g/mol. The largest absolute Gasteiger partial charge is 0.484 e. The van der Waals surface area contributed by atoms with Crippen molar-refractivity contribution in [1.29, 1.82) is 0 Å². The fourth-order valence-electron chi connectivity index (χ4n) is 3.70. The van der Waals surface area contributed by atoms with Crippen molar-refractivity contribution in [2.45, 2.75) is 57.9 Å². The van der Waals surface area contributed by atoms with Crippen LogP contribution in [0.2, 0.25) is 0 Å². The molecule has 1 aromatic rings. The van der Waals surface area contributed by atoms with Crippen LogP contribution in [0, 0.1) is 0 Å². The number of benzene rings is 1. The van der Waals surface area contributed by atoms with Crippen molar-refractivity contribution >= 4 is 17.5 Å². The van der Waals surface area contributed by atoms with Gasteiger partial charge in [0.05, 0.1) is 0 Å². The van der Waals surface area contributed by atoms with Gasteiger partial charge < -0.3 is 15.0 Å². The number of fused-ring (bicyclic) bond motifs is 1. The van der Waals surface area contributed by atoms with Gasteiger partial charge in [-0.15, -0.1) is 0 Å². The molecule has 2 amide bonds. The van der Waals surface area contributed by atoms with Crippen LogP contribution in [0.4, 0.5) is 5.69 Å². The van der Waals surface area contributed by atoms with Crippen LogP contribution in [0.1, 0.15) is 51.0 Å². The number of nitrogens with zero attached hydrogens (tertiary/aromatic N) is 1. The molecule has 0 bridgehead atoms. The summed E-state index contributed by atoms with van der Waals surface area (Å²) in [6.07, 6.45) is 7.18. The van der Waals surface area contributed by atoms with Crippen LogP contribution in [0.3, 0.4) is 0 Å². The highest BCUT2D eigenvalue weighted by Crippen LogP contribution is 2.27. The van der Waals surface area contributed by atoms with Gasteiger partial charge in [-0.25, -0.2) is 0 Å². The van der Waals surface area contributed by atoms with Crippen molar-refractivity contribution < 1.29 is 14.3 Å². The third kappa shape index (κ3) is 3.89. The van der Waals surface area contributed by atoms with Gasteiger partial charge in [-0.1, -0.05) is 25.3 Å². The molecule has 130 valence electrons. The van der Waals surface area contributed by atoms with Gasteiger partial charge in [0, 0.05) is 30.8 Å². The highest BCUT2D eigenvalue weighted by atomic mass is 16.5. The van der Waals surface area contributed by atoms with Crippen LogP contribution in [-0.4, -0.2) is 35.9 Å². The number of carbonyl (C=O) groups is 2. The van der Waals surface area contributed by atoms with E-state index in [0.717, 1.165) is 37.1 Å². The van der Waals surface area contributed by atoms with Gasteiger partial charge in [0.15, 0.2) is 6.61 Å². The predicted octanol–water partition coefficient (Wildman–Crippen LogP) is 3.13. The number of hydrogen-bond donors (Lipinski definition) is 1. The molecule has 0 unspecified atom stereocenters. The molecule has 1 aromatic carbocycles. The van der Waals surface area contributed by atoms with Gasteiger partial charge in [-0.3, -0.25) is 9.59 Å². The van der Waals surface area contributed by atoms with Crippen molar-refractivity contribution in [2.75, 3.05) is 18.5 Å². The van der Waals surface area contributed by atoms with E-state index in [0.29, 0.717) is 18.2 Å². The summed E-state index contributed by atoms with van der Waals surface area (Å²) in [6.45, 7) is 2.81. The van der Waals surface area contributed by atoms with Gasteiger partial charge in [-0.05, 0) is 37.8 Å². The van der Waals surface area contributed by atoms with E-state index in [1.165, 1.54) is 19.3 Å². The van der Waals surface area contributed by atoms with E-state index in [4.69, 9.17) is 4.74 Å². The second kappa shape index (κ2) is 7.69. The molecule has 1 heterocycles. The lowest BCUT2D eigenvalue weighted by molar-refractivity contribution is -0.136. The number of likely N-dealkylation sites (N-methyl/N-ethyl adjacent to an activating group) is 1. The Hall–Kier alpha value is -2.04. The van der Waals surface area contributed by atoms with Crippen molar-refractivity contribution in [2.24, 2.45) is 0 Å². The summed E-state index contributed by atoms with van der Waals surface area (Å²) in [5.74, 6) is 0.709. The summed E-state index contributed by atoms with van der Waals surface area (Å²) in [5, 5.41) is 2.86. The molecule has 1 aliphatic heterocycles. The van der Waals surface area contributed by atoms with E-state index in [1.54, 1.807) is 0 Å². The molecule has 0 radical (unpaired) electrons. The Morgan fingerprint density at radius 3 is 2.79 bits per heavy atom. The number of carbonyl (C=O) groups excluding carboxylic acids is 2. The fourth-order valence-corrected chi connectivity index (χ4v) is 3.70. The smallest absolute Gasteiger partial charge is 0.260 e. The van der Waals surface area contributed by atoms with Crippen LogP contribution in [0.25, 0.3) is 0 Å². The van der Waals surface area contributed by atoms with E-state index < -0.39 is 0 Å². The fraction of sp³-hybridized carbons (Fsp3) is 0.579. The van der Waals surface area contributed by atoms with Crippen LogP contribution < -0.4 is 10.1 Å². The molecule has 5 nitrogen and oxygen atoms in total. The average Bonchev–Trinajstić information content (AvgIpc) is 2.61. The molecule has 0 aromatic heterocycles. The van der Waals surface area contributed by atoms with E-state index in [-0.39, 0.29) is 18.4 Å². The maximum Gasteiger partial charge on any atom is 0.260 e. The standard InChI is InChI=1S/C19H26N2O3/c1-2-21(15-6-4-3-5-7-15)19(23)13-24-16-10-8-14-9-11-18(22)20-17(14)12-16/h8,10,12,15H,2-7,9,11,13H2,1H3,(H,20,22). The molecule has 1 aliphatic carbocycles. The minimum absolute atomic E-state index is 0.0326. The van der Waals surface area contributed by atoms with Gasteiger partial charge in [0.25, 0.3) is 5.91 Å². The molecule has 1 N–H and O–H groups in total. The van der Waals surface area contributed by atoms with E-state index in [1.807, 2.05) is 30.0 Å². The summed E-state index contributed by atoms with van der Waals surface area (Å²) >= 11 is 0. The maximum absolute atomic E-state index is 12.5. The van der Waals surface area contributed by atoms with Crippen LogP contribution >= 0.6 is 0 Å². The lowest BCUT2D eigenvalue weighted by atomic mass is 9.94. The van der Waals surface area contributed by atoms with Gasteiger partial charge >= 0.3 is 0 Å². The van der Waals surface area contributed by atoms with E-state index in [2.05, 4.69) is 5.32 Å². The Morgan fingerprint density at radius 1 is 1.25 bits per heavy atom. The molecule has 5 heteroatoms. The highest BCUT2D eigenvalue weighted by Gasteiger charge is 2.24. The molecule has 0 spiro atoms. The highest BCUT2D eigenvalue weighted by molar-refractivity contribution is 5.94. The summed E-state index contributed by atoms with van der Waals surface area (Å²) in [6, 6.07) is 6.02. The van der Waals surface area contributed by atoms with Gasteiger partial charge in [0.1, 0.15) is 5.75 Å². The lowest BCUT2D eigenvalue weighted by Gasteiger charge is -2.33. The summed E-state index contributed by atoms with van der Waals surface area (Å²) in [4.78, 5) is 26.0. The minimum atomic E-state index is 0.0326. The Morgan fingerprint density at radius 2 is 2.04 bits per heavy atom. The normalized spacial score (nSPS) is 17.8. The first-order valence-corrected chi connectivity index (χ1v) is 9.02. The molecular weight excluding hydrogens is 304 g/mol. The van der Waals surface area contributed by atoms with E-state index >= 15 is 0 Å². The van der Waals surface area contributed by atoms with Crippen molar-refractivity contribution in [3.63, 3.8) is 0 Å². The summed E-state index contributed by atoms with van der Waals surface area (Å²) < 4.78 is 5.70. The van der Waals surface area contributed by atoms with Crippen LogP contribution in [0.5, 0.6) is 5.75 Å². The first-order chi connectivity index (χ1) is 11.7. The van der Waals surface area contributed by atoms with Crippen LogP contribution in [0.15, 0.2) is 18.2 Å². The number of rotatable bonds is 5. The Labute approximate surface area is 143 Å². The molecule has 1 saturated carbocycles. The average molecular weight is 330 g/mol. The molecule has 3 rings (SSSR count). The number of ether oxygens (including phenoxy) is 1. The third-order valence-electron chi connectivity index (χ3n) is 5.02. The molecule has 0 atom stereocenters. The third-order valence-corrected chi connectivity index (χ3v) is 5.02. The number of anilines is 1. The number of nitrogens with one attached hydrogen (secondary N) is 1.